The molecule has 2 aliphatic rings. The van der Waals surface area contributed by atoms with Gasteiger partial charge in [-0.25, -0.2) is 0 Å². The van der Waals surface area contributed by atoms with E-state index < -0.39 is 80.8 Å². The number of ether oxygens (including phenoxy) is 2. The highest BCUT2D eigenvalue weighted by atomic mass is 19.4. The molecule has 12 heteroatoms. The van der Waals surface area contributed by atoms with Gasteiger partial charge in [-0.05, 0) is 102 Å². The molecule has 336 valence electrons. The van der Waals surface area contributed by atoms with Gasteiger partial charge in [-0.3, -0.25) is 19.2 Å². The van der Waals surface area contributed by atoms with E-state index in [1.165, 1.54) is 12.5 Å². The molecule has 1 aliphatic heterocycles. The van der Waals surface area contributed by atoms with E-state index in [0.717, 1.165) is 19.3 Å². The van der Waals surface area contributed by atoms with Crippen LogP contribution in [0.2, 0.25) is 0 Å². The molecule has 1 aliphatic carbocycles. The van der Waals surface area contributed by atoms with Crippen molar-refractivity contribution in [3.05, 3.63) is 23.8 Å². The van der Waals surface area contributed by atoms with Gasteiger partial charge in [0.15, 0.2) is 6.61 Å². The Morgan fingerprint density at radius 2 is 1.52 bits per heavy atom. The Hall–Kier alpha value is -2.34. The number of piperidine rings is 1. The van der Waals surface area contributed by atoms with Crippen LogP contribution in [0, 0.1) is 39.4 Å². The molecule has 0 aromatic heterocycles. The fourth-order valence-corrected chi connectivity index (χ4v) is 8.75. The van der Waals surface area contributed by atoms with Gasteiger partial charge in [0.1, 0.15) is 11.4 Å². The molecule has 1 heterocycles. The Morgan fingerprint density at radius 1 is 0.931 bits per heavy atom. The van der Waals surface area contributed by atoms with Crippen LogP contribution in [0.25, 0.3) is 0 Å². The van der Waals surface area contributed by atoms with Crippen LogP contribution in [0.15, 0.2) is 23.8 Å². The molecule has 2 rings (SSSR count). The van der Waals surface area contributed by atoms with Crippen LogP contribution in [-0.4, -0.2) is 64.8 Å². The van der Waals surface area contributed by atoms with Crippen LogP contribution in [0.1, 0.15) is 169 Å². The fourth-order valence-electron chi connectivity index (χ4n) is 8.75. The summed E-state index contributed by atoms with van der Waals surface area (Å²) in [6.07, 6.45) is 5.07. The van der Waals surface area contributed by atoms with Gasteiger partial charge in [-0.2, -0.15) is 27.0 Å². The van der Waals surface area contributed by atoms with Crippen molar-refractivity contribution in [2.75, 3.05) is 13.2 Å². The lowest BCUT2D eigenvalue weighted by Gasteiger charge is -2.60. The number of hydrogen-bond donors (Lipinski definition) is 0. The van der Waals surface area contributed by atoms with Crippen molar-refractivity contribution in [3.8, 4) is 0 Å². The van der Waals surface area contributed by atoms with E-state index in [4.69, 9.17) is 14.3 Å². The Bertz CT molecular complexity index is 1520. The second-order valence-electron chi connectivity index (χ2n) is 20.4. The van der Waals surface area contributed by atoms with Crippen LogP contribution in [-0.2, 0) is 28.7 Å². The smallest absolute Gasteiger partial charge is 0.456 e. The summed E-state index contributed by atoms with van der Waals surface area (Å²) in [5, 5.41) is 1.77. The van der Waals surface area contributed by atoms with Crippen molar-refractivity contribution in [3.63, 3.8) is 0 Å². The molecule has 6 atom stereocenters. The number of rotatable bonds is 20. The van der Waals surface area contributed by atoms with Crippen molar-refractivity contribution in [2.45, 2.75) is 197 Å². The molecule has 6 unspecified atom stereocenters. The Labute approximate surface area is 346 Å². The van der Waals surface area contributed by atoms with Gasteiger partial charge < -0.3 is 9.47 Å². The minimum atomic E-state index is -5.95. The summed E-state index contributed by atoms with van der Waals surface area (Å²) in [6.45, 7) is 28.2. The van der Waals surface area contributed by atoms with E-state index in [-0.39, 0.29) is 31.1 Å². The second kappa shape index (κ2) is 18.3. The van der Waals surface area contributed by atoms with Crippen LogP contribution < -0.4 is 0 Å². The number of ketones is 1. The third kappa shape index (κ3) is 10.6. The predicted molar refractivity (Wildman–Crippen MR) is 219 cm³/mol. The largest absolute Gasteiger partial charge is 0.465 e. The molecule has 0 amide bonds. The summed E-state index contributed by atoms with van der Waals surface area (Å²) in [4.78, 5) is 49.2. The highest BCUT2D eigenvalue weighted by molar-refractivity contribution is 5.84. The van der Waals surface area contributed by atoms with Crippen molar-refractivity contribution >= 4 is 17.7 Å². The zero-order valence-electron chi connectivity index (χ0n) is 38.5. The summed E-state index contributed by atoms with van der Waals surface area (Å²) in [5.41, 5.74) is -6.30. The number of carbonyl (C=O) groups excluding carboxylic acids is 3. The van der Waals surface area contributed by atoms with Crippen LogP contribution in [0.5, 0.6) is 0 Å². The minimum absolute atomic E-state index is 0.0520. The second-order valence-corrected chi connectivity index (χ2v) is 20.4. The number of esters is 2. The van der Waals surface area contributed by atoms with Gasteiger partial charge in [0.2, 0.25) is 0 Å². The summed E-state index contributed by atoms with van der Waals surface area (Å²) in [5.74, 6) is -8.02. The van der Waals surface area contributed by atoms with Crippen molar-refractivity contribution in [1.29, 1.82) is 0 Å². The zero-order chi connectivity index (χ0) is 45.1. The van der Waals surface area contributed by atoms with Crippen LogP contribution in [0.4, 0.5) is 22.0 Å². The molecule has 0 radical (unpaired) electrons. The molecule has 1 fully saturated rings. The highest BCUT2D eigenvalue weighted by Gasteiger charge is 2.63. The van der Waals surface area contributed by atoms with E-state index in [9.17, 15) is 36.3 Å². The van der Waals surface area contributed by atoms with Gasteiger partial charge in [-0.1, -0.05) is 106 Å². The molecule has 1 saturated heterocycles. The first-order valence-corrected chi connectivity index (χ1v) is 21.3. The van der Waals surface area contributed by atoms with E-state index >= 15 is 0 Å². The van der Waals surface area contributed by atoms with Crippen molar-refractivity contribution in [2.24, 2.45) is 39.4 Å². The number of unbranched alkanes of at least 4 members (excludes halogenated alkanes) is 1. The summed E-state index contributed by atoms with van der Waals surface area (Å²) in [7, 11) is 0. The molecular formula is C46H76F5NO6. The number of carbonyl (C=O) groups is 3. The van der Waals surface area contributed by atoms with Crippen molar-refractivity contribution < 1.29 is 50.6 Å². The molecular weight excluding hydrogens is 757 g/mol. The monoisotopic (exact) mass is 834 g/mol. The van der Waals surface area contributed by atoms with Gasteiger partial charge in [0.25, 0.3) is 0 Å². The lowest BCUT2D eigenvalue weighted by molar-refractivity contribution is -0.359. The summed E-state index contributed by atoms with van der Waals surface area (Å²) >= 11 is 0. The maximum atomic E-state index is 14.5. The number of nitrogens with zero attached hydrogens (tertiary/aromatic N) is 1. The first kappa shape index (κ1) is 51.8. The SMILES string of the molecule is CCCCOC(=O)C(CC(C)(C)C(C)C1=CC=CCC1)C(C)(C)C(C)(C)CC(C)(C(=O)OCC(F)(F)C(F)(F)F)C(C)(C)ON1C(C)(CC)CC(=O)C(C)C1(C)CC. The van der Waals surface area contributed by atoms with Crippen LogP contribution >= 0.6 is 0 Å². The Kier molecular flexibility index (Phi) is 16.4. The third-order valence-corrected chi connectivity index (χ3v) is 15.2. The number of alkyl halides is 5. The van der Waals surface area contributed by atoms with E-state index in [2.05, 4.69) is 39.0 Å². The number of Topliss-reactive ketones (excluding diaryl/α,β-unsaturated/α-hetero) is 1. The van der Waals surface area contributed by atoms with Gasteiger partial charge in [-0.15, -0.1) is 0 Å². The van der Waals surface area contributed by atoms with E-state index in [0.29, 0.717) is 25.7 Å². The fraction of sp³-hybridized carbons (Fsp3) is 0.848. The number of allylic oxidation sites excluding steroid dienone is 4. The normalized spacial score (nSPS) is 25.2. The molecule has 0 N–H and O–H groups in total. The van der Waals surface area contributed by atoms with E-state index in [1.807, 2.05) is 69.2 Å². The van der Waals surface area contributed by atoms with Gasteiger partial charge >= 0.3 is 24.0 Å². The topological polar surface area (TPSA) is 82.1 Å². The molecule has 0 aromatic rings. The van der Waals surface area contributed by atoms with E-state index in [1.54, 1.807) is 18.9 Å². The molecule has 7 nitrogen and oxygen atoms in total. The first-order valence-electron chi connectivity index (χ1n) is 21.3. The molecule has 0 saturated carbocycles. The maximum Gasteiger partial charge on any atom is 0.456 e. The summed E-state index contributed by atoms with van der Waals surface area (Å²) in [6, 6.07) is 0. The predicted octanol–water partition coefficient (Wildman–Crippen LogP) is 12.4. The number of hydroxylamine groups is 2. The molecule has 0 bridgehead atoms. The third-order valence-electron chi connectivity index (χ3n) is 15.2. The average molecular weight is 834 g/mol. The molecule has 0 spiro atoms. The Balaban J connectivity index is 2.80. The first-order chi connectivity index (χ1) is 26.2. The minimum Gasteiger partial charge on any atom is -0.465 e. The number of halogens is 5. The quantitative estimate of drug-likeness (QED) is 0.0686. The molecule has 0 aromatic carbocycles. The maximum absolute atomic E-state index is 14.5. The average Bonchev–Trinajstić information content (AvgIpc) is 3.12. The summed E-state index contributed by atoms with van der Waals surface area (Å²) < 4.78 is 80.0. The number of hydrogen-bond acceptors (Lipinski definition) is 7. The lowest BCUT2D eigenvalue weighted by atomic mass is 9.52. The standard InChI is InChI=1S/C46H76F5NO6/c1-17-20-26-56-36(54)34(27-38(6,7)31(4)33-24-22-21-23-25-33)40(10,11)39(8,9)29-43(15,37(55)57-30-45(47,48)46(49,50)51)41(12,13)58-52-42(14,18-2)28-35(53)32(5)44(52,16)19-3/h21-22,24,31-32,34H,17-20,23,25-30H2,1-16H3. The molecule has 58 heavy (non-hydrogen) atoms. The zero-order valence-corrected chi connectivity index (χ0v) is 38.5. The van der Waals surface area contributed by atoms with Gasteiger partial charge in [0.05, 0.1) is 29.0 Å². The van der Waals surface area contributed by atoms with Gasteiger partial charge in [0, 0.05) is 12.3 Å². The van der Waals surface area contributed by atoms with Crippen molar-refractivity contribution in [1.82, 2.24) is 5.06 Å². The lowest BCUT2D eigenvalue weighted by Crippen LogP contribution is -2.69. The Morgan fingerprint density at radius 3 is 2.00 bits per heavy atom. The van der Waals surface area contributed by atoms with Crippen LogP contribution in [0.3, 0.4) is 0 Å². The highest BCUT2D eigenvalue weighted by Crippen LogP contribution is 2.58.